The molecule has 1 fully saturated rings. The molecule has 1 aromatic carbocycles. The van der Waals surface area contributed by atoms with Crippen molar-refractivity contribution in [2.75, 3.05) is 0 Å². The zero-order valence-electron chi connectivity index (χ0n) is 12.4. The fourth-order valence-electron chi connectivity index (χ4n) is 2.36. The number of thioether (sulfide) groups is 1. The molecule has 2 rings (SSSR count). The van der Waals surface area contributed by atoms with Crippen LogP contribution in [0.4, 0.5) is 4.79 Å². The quantitative estimate of drug-likeness (QED) is 0.906. The Morgan fingerprint density at radius 2 is 1.95 bits per heavy atom. The van der Waals surface area contributed by atoms with Gasteiger partial charge in [0.05, 0.1) is 0 Å². The van der Waals surface area contributed by atoms with Gasteiger partial charge in [0.15, 0.2) is 0 Å². The Kier molecular flexibility index (Phi) is 4.97. The van der Waals surface area contributed by atoms with Crippen LogP contribution in [0.2, 0.25) is 0 Å². The minimum absolute atomic E-state index is 0.204. The zero-order valence-corrected chi connectivity index (χ0v) is 13.2. The highest BCUT2D eigenvalue weighted by molar-refractivity contribution is 8.00. The summed E-state index contributed by atoms with van der Waals surface area (Å²) in [6.45, 7) is 5.66. The maximum absolute atomic E-state index is 11.9. The van der Waals surface area contributed by atoms with E-state index in [9.17, 15) is 4.79 Å². The van der Waals surface area contributed by atoms with Crippen molar-refractivity contribution in [1.29, 1.82) is 0 Å². The molecule has 1 N–H and O–H groups in total. The van der Waals surface area contributed by atoms with Crippen LogP contribution in [-0.4, -0.2) is 23.0 Å². The third-order valence-electron chi connectivity index (χ3n) is 3.19. The Hall–Kier alpha value is -1.16. The van der Waals surface area contributed by atoms with E-state index >= 15 is 0 Å². The summed E-state index contributed by atoms with van der Waals surface area (Å²) in [5, 5.41) is 3.46. The van der Waals surface area contributed by atoms with Crippen molar-refractivity contribution in [1.82, 2.24) is 5.32 Å². The molecule has 0 bridgehead atoms. The van der Waals surface area contributed by atoms with Gasteiger partial charge in [-0.25, -0.2) is 4.79 Å². The van der Waals surface area contributed by atoms with Crippen LogP contribution in [0.3, 0.4) is 0 Å². The fraction of sp³-hybridized carbons (Fsp3) is 0.562. The van der Waals surface area contributed by atoms with Crippen LogP contribution in [0.15, 0.2) is 35.2 Å². The molecule has 0 aromatic heterocycles. The minimum atomic E-state index is -0.440. The molecule has 1 aromatic rings. The number of alkyl carbamates (subject to hydrolysis) is 1. The van der Waals surface area contributed by atoms with Crippen molar-refractivity contribution < 1.29 is 9.53 Å². The van der Waals surface area contributed by atoms with Gasteiger partial charge in [-0.1, -0.05) is 24.6 Å². The molecule has 2 atom stereocenters. The molecule has 3 nitrogen and oxygen atoms in total. The molecule has 1 aliphatic carbocycles. The molecule has 1 aliphatic rings. The highest BCUT2D eigenvalue weighted by atomic mass is 32.2. The number of amides is 1. The Morgan fingerprint density at radius 1 is 1.25 bits per heavy atom. The lowest BCUT2D eigenvalue weighted by Crippen LogP contribution is -2.41. The molecule has 20 heavy (non-hydrogen) atoms. The van der Waals surface area contributed by atoms with Gasteiger partial charge >= 0.3 is 6.09 Å². The number of hydrogen-bond acceptors (Lipinski definition) is 3. The second kappa shape index (κ2) is 6.53. The third kappa shape index (κ3) is 4.75. The Bertz CT molecular complexity index is 442. The van der Waals surface area contributed by atoms with E-state index in [4.69, 9.17) is 4.74 Å². The van der Waals surface area contributed by atoms with Crippen molar-refractivity contribution in [3.05, 3.63) is 30.3 Å². The Balaban J connectivity index is 1.89. The largest absolute Gasteiger partial charge is 0.444 e. The number of rotatable bonds is 3. The zero-order chi connectivity index (χ0) is 14.6. The van der Waals surface area contributed by atoms with Crippen LogP contribution in [0.5, 0.6) is 0 Å². The maximum atomic E-state index is 11.9. The summed E-state index contributed by atoms with van der Waals surface area (Å²) >= 11 is 1.85. The van der Waals surface area contributed by atoms with Gasteiger partial charge in [0.2, 0.25) is 0 Å². The second-order valence-electron chi connectivity index (χ2n) is 6.15. The van der Waals surface area contributed by atoms with Crippen LogP contribution in [0, 0.1) is 0 Å². The van der Waals surface area contributed by atoms with E-state index in [1.54, 1.807) is 0 Å². The lowest BCUT2D eigenvalue weighted by Gasteiger charge is -2.24. The van der Waals surface area contributed by atoms with Crippen LogP contribution in [0.1, 0.15) is 40.0 Å². The number of carbonyl (C=O) groups excluding carboxylic acids is 1. The van der Waals surface area contributed by atoms with Crippen molar-refractivity contribution in [3.8, 4) is 0 Å². The molecule has 0 aliphatic heterocycles. The smallest absolute Gasteiger partial charge is 0.407 e. The van der Waals surface area contributed by atoms with E-state index in [-0.39, 0.29) is 12.1 Å². The molecule has 0 saturated heterocycles. The van der Waals surface area contributed by atoms with Crippen LogP contribution in [-0.2, 0) is 4.74 Å². The van der Waals surface area contributed by atoms with Gasteiger partial charge in [0.25, 0.3) is 0 Å². The molecule has 0 unspecified atom stereocenters. The SMILES string of the molecule is CC(C)(C)OC(=O)N[C@@H]1CCC[C@@H]1Sc1ccccc1. The predicted molar refractivity (Wildman–Crippen MR) is 83.1 cm³/mol. The first-order chi connectivity index (χ1) is 9.44. The number of hydrogen-bond donors (Lipinski definition) is 1. The lowest BCUT2D eigenvalue weighted by molar-refractivity contribution is 0.0506. The normalized spacial score (nSPS) is 22.6. The van der Waals surface area contributed by atoms with Crippen LogP contribution >= 0.6 is 11.8 Å². The Morgan fingerprint density at radius 3 is 2.60 bits per heavy atom. The second-order valence-corrected chi connectivity index (χ2v) is 7.47. The van der Waals surface area contributed by atoms with Crippen LogP contribution < -0.4 is 5.32 Å². The summed E-state index contributed by atoms with van der Waals surface area (Å²) in [6, 6.07) is 10.6. The van der Waals surface area contributed by atoms with E-state index in [1.165, 1.54) is 4.90 Å². The first kappa shape index (κ1) is 15.2. The first-order valence-electron chi connectivity index (χ1n) is 7.15. The molecule has 1 saturated carbocycles. The van der Waals surface area contributed by atoms with Crippen molar-refractivity contribution in [2.45, 2.75) is 61.8 Å². The highest BCUT2D eigenvalue weighted by Crippen LogP contribution is 2.35. The predicted octanol–water partition coefficient (Wildman–Crippen LogP) is 4.22. The van der Waals surface area contributed by atoms with Gasteiger partial charge in [-0.3, -0.25) is 0 Å². The number of benzene rings is 1. The standard InChI is InChI=1S/C16H23NO2S/c1-16(2,3)19-15(18)17-13-10-7-11-14(13)20-12-8-5-4-6-9-12/h4-6,8-9,13-14H,7,10-11H2,1-3H3,(H,17,18)/t13-,14+/m1/s1. The van der Waals surface area contributed by atoms with Gasteiger partial charge in [0, 0.05) is 16.2 Å². The van der Waals surface area contributed by atoms with Crippen molar-refractivity contribution in [2.24, 2.45) is 0 Å². The summed E-state index contributed by atoms with van der Waals surface area (Å²) in [4.78, 5) is 13.1. The van der Waals surface area contributed by atoms with E-state index in [1.807, 2.05) is 50.7 Å². The molecular weight excluding hydrogens is 270 g/mol. The van der Waals surface area contributed by atoms with Gasteiger partial charge < -0.3 is 10.1 Å². The first-order valence-corrected chi connectivity index (χ1v) is 8.03. The van der Waals surface area contributed by atoms with E-state index in [0.29, 0.717) is 5.25 Å². The molecule has 0 heterocycles. The monoisotopic (exact) mass is 293 g/mol. The summed E-state index contributed by atoms with van der Waals surface area (Å²) in [5.74, 6) is 0. The maximum Gasteiger partial charge on any atom is 0.407 e. The minimum Gasteiger partial charge on any atom is -0.444 e. The molecule has 0 spiro atoms. The number of nitrogens with one attached hydrogen (secondary N) is 1. The van der Waals surface area contributed by atoms with E-state index < -0.39 is 5.60 Å². The van der Waals surface area contributed by atoms with Crippen molar-refractivity contribution in [3.63, 3.8) is 0 Å². The average Bonchev–Trinajstić information content (AvgIpc) is 2.75. The summed E-state index contributed by atoms with van der Waals surface area (Å²) < 4.78 is 5.34. The van der Waals surface area contributed by atoms with Gasteiger partial charge in [-0.2, -0.15) is 0 Å². The van der Waals surface area contributed by atoms with Gasteiger partial charge in [0.1, 0.15) is 5.60 Å². The van der Waals surface area contributed by atoms with Gasteiger partial charge in [-0.05, 0) is 45.7 Å². The molecule has 1 amide bonds. The molecule has 110 valence electrons. The summed E-state index contributed by atoms with van der Waals surface area (Å²) in [5.41, 5.74) is -0.440. The number of ether oxygens (including phenoxy) is 1. The van der Waals surface area contributed by atoms with Crippen LogP contribution in [0.25, 0.3) is 0 Å². The van der Waals surface area contributed by atoms with E-state index in [2.05, 4.69) is 17.4 Å². The summed E-state index contributed by atoms with van der Waals surface area (Å²) in [6.07, 6.45) is 3.03. The third-order valence-corrected chi connectivity index (χ3v) is 4.60. The summed E-state index contributed by atoms with van der Waals surface area (Å²) in [7, 11) is 0. The topological polar surface area (TPSA) is 38.3 Å². The fourth-order valence-corrected chi connectivity index (χ4v) is 3.68. The molecular formula is C16H23NO2S. The lowest BCUT2D eigenvalue weighted by atomic mass is 10.2. The Labute approximate surface area is 125 Å². The highest BCUT2D eigenvalue weighted by Gasteiger charge is 2.30. The van der Waals surface area contributed by atoms with E-state index in [0.717, 1.165) is 19.3 Å². The average molecular weight is 293 g/mol. The molecule has 0 radical (unpaired) electrons. The number of carbonyl (C=O) groups is 1. The molecule has 4 heteroatoms. The van der Waals surface area contributed by atoms with Gasteiger partial charge in [-0.15, -0.1) is 11.8 Å². The van der Waals surface area contributed by atoms with Crippen molar-refractivity contribution >= 4 is 17.9 Å².